The molecule has 0 saturated carbocycles. The number of aryl methyl sites for hydroxylation is 1. The van der Waals surface area contributed by atoms with E-state index in [1.54, 1.807) is 6.07 Å². The number of H-pyrrole nitrogens is 1. The van der Waals surface area contributed by atoms with E-state index < -0.39 is 17.7 Å². The number of carbonyl (C=O) groups is 1. The Balaban J connectivity index is 2.08. The van der Waals surface area contributed by atoms with Gasteiger partial charge in [-0.25, -0.2) is 0 Å². The molecule has 1 unspecified atom stereocenters. The molecule has 3 nitrogen and oxygen atoms in total. The van der Waals surface area contributed by atoms with Crippen molar-refractivity contribution in [3.8, 4) is 0 Å². The normalized spacial score (nSPS) is 12.9. The number of hydrogen-bond donors (Lipinski definition) is 2. The molecule has 1 aromatic heterocycles. The van der Waals surface area contributed by atoms with Gasteiger partial charge in [0.25, 0.3) is 0 Å². The Morgan fingerprint density at radius 3 is 2.59 bits per heavy atom. The summed E-state index contributed by atoms with van der Waals surface area (Å²) in [5.74, 6) is -0.648. The van der Waals surface area contributed by atoms with Crippen LogP contribution in [-0.4, -0.2) is 17.4 Å². The lowest BCUT2D eigenvalue weighted by Crippen LogP contribution is -2.26. The lowest BCUT2D eigenvalue weighted by Gasteiger charge is -2.19. The van der Waals surface area contributed by atoms with Crippen LogP contribution in [0.4, 0.5) is 13.2 Å². The average Bonchev–Trinajstić information content (AvgIpc) is 3.14. The van der Waals surface area contributed by atoms with Crippen LogP contribution < -0.4 is 5.32 Å². The average molecular weight is 402 g/mol. The summed E-state index contributed by atoms with van der Waals surface area (Å²) in [6.07, 6.45) is -0.886. The van der Waals surface area contributed by atoms with Crippen LogP contribution in [0.15, 0.2) is 48.7 Å². The highest BCUT2D eigenvalue weighted by molar-refractivity contribution is 5.88. The fourth-order valence-corrected chi connectivity index (χ4v) is 3.68. The van der Waals surface area contributed by atoms with Crippen molar-refractivity contribution in [1.82, 2.24) is 10.3 Å². The van der Waals surface area contributed by atoms with Gasteiger partial charge in [-0.1, -0.05) is 50.2 Å². The van der Waals surface area contributed by atoms with Gasteiger partial charge in [0, 0.05) is 36.0 Å². The smallest absolute Gasteiger partial charge is 0.361 e. The van der Waals surface area contributed by atoms with Gasteiger partial charge in [-0.2, -0.15) is 13.2 Å². The number of alkyl halides is 3. The lowest BCUT2D eigenvalue weighted by molar-refractivity contribution is -0.137. The molecular weight excluding hydrogens is 377 g/mol. The van der Waals surface area contributed by atoms with Crippen molar-refractivity contribution in [2.45, 2.75) is 45.2 Å². The first-order valence-electron chi connectivity index (χ1n) is 9.87. The Kier molecular flexibility index (Phi) is 6.30. The highest BCUT2D eigenvalue weighted by atomic mass is 19.4. The van der Waals surface area contributed by atoms with Crippen LogP contribution >= 0.6 is 0 Å². The molecule has 0 saturated heterocycles. The van der Waals surface area contributed by atoms with E-state index in [2.05, 4.69) is 17.2 Å². The number of benzene rings is 2. The fourth-order valence-electron chi connectivity index (χ4n) is 3.68. The van der Waals surface area contributed by atoms with E-state index in [0.717, 1.165) is 47.0 Å². The quantitative estimate of drug-likeness (QED) is 0.516. The molecule has 1 amide bonds. The maximum Gasteiger partial charge on any atom is 0.416 e. The van der Waals surface area contributed by atoms with Crippen LogP contribution in [0.1, 0.15) is 54.9 Å². The van der Waals surface area contributed by atoms with Crippen LogP contribution in [0, 0.1) is 0 Å². The second kappa shape index (κ2) is 8.72. The largest absolute Gasteiger partial charge is 0.416 e. The highest BCUT2D eigenvalue weighted by Gasteiger charge is 2.31. The van der Waals surface area contributed by atoms with E-state index in [0.29, 0.717) is 12.1 Å². The predicted octanol–water partition coefficient (Wildman–Crippen LogP) is 5.80. The van der Waals surface area contributed by atoms with Crippen LogP contribution in [0.5, 0.6) is 0 Å². The summed E-state index contributed by atoms with van der Waals surface area (Å²) < 4.78 is 39.8. The third-order valence-corrected chi connectivity index (χ3v) is 5.17. The summed E-state index contributed by atoms with van der Waals surface area (Å²) in [6.45, 7) is 4.55. The number of rotatable bonds is 7. The van der Waals surface area contributed by atoms with Crippen molar-refractivity contribution in [3.05, 3.63) is 70.9 Å². The van der Waals surface area contributed by atoms with Crippen LogP contribution in [0.3, 0.4) is 0 Å². The second-order valence-electron chi connectivity index (χ2n) is 7.17. The molecule has 0 aliphatic heterocycles. The molecule has 3 rings (SSSR count). The minimum atomic E-state index is -4.43. The Hall–Kier alpha value is -2.76. The third-order valence-electron chi connectivity index (χ3n) is 5.17. The maximum atomic E-state index is 13.3. The number of fused-ring (bicyclic) bond motifs is 1. The zero-order chi connectivity index (χ0) is 21.0. The number of para-hydroxylation sites is 1. The summed E-state index contributed by atoms with van der Waals surface area (Å²) in [4.78, 5) is 15.7. The number of nitrogens with one attached hydrogen (secondary N) is 2. The van der Waals surface area contributed by atoms with Gasteiger partial charge < -0.3 is 10.3 Å². The molecule has 0 fully saturated rings. The van der Waals surface area contributed by atoms with Gasteiger partial charge in [0.05, 0.1) is 5.56 Å². The Labute approximate surface area is 168 Å². The van der Waals surface area contributed by atoms with Crippen molar-refractivity contribution in [1.29, 1.82) is 0 Å². The highest BCUT2D eigenvalue weighted by Crippen LogP contribution is 2.37. The third kappa shape index (κ3) is 4.63. The molecule has 1 atom stereocenters. The van der Waals surface area contributed by atoms with E-state index in [-0.39, 0.29) is 12.3 Å². The zero-order valence-electron chi connectivity index (χ0n) is 16.6. The first kappa shape index (κ1) is 21.0. The van der Waals surface area contributed by atoms with E-state index in [1.807, 2.05) is 31.3 Å². The van der Waals surface area contributed by atoms with Crippen molar-refractivity contribution < 1.29 is 18.0 Å². The predicted molar refractivity (Wildman–Crippen MR) is 109 cm³/mol. The van der Waals surface area contributed by atoms with Gasteiger partial charge >= 0.3 is 6.18 Å². The Morgan fingerprint density at radius 2 is 1.90 bits per heavy atom. The van der Waals surface area contributed by atoms with Crippen molar-refractivity contribution in [2.75, 3.05) is 6.54 Å². The van der Waals surface area contributed by atoms with Crippen LogP contribution in [-0.2, 0) is 17.4 Å². The summed E-state index contributed by atoms with van der Waals surface area (Å²) in [7, 11) is 0. The molecule has 0 aliphatic carbocycles. The molecule has 0 bridgehead atoms. The number of amides is 1. The number of hydrogen-bond acceptors (Lipinski definition) is 1. The van der Waals surface area contributed by atoms with E-state index in [9.17, 15) is 18.0 Å². The van der Waals surface area contributed by atoms with Crippen LogP contribution in [0.2, 0.25) is 0 Å². The molecule has 1 heterocycles. The maximum absolute atomic E-state index is 13.3. The van der Waals surface area contributed by atoms with Crippen molar-refractivity contribution >= 4 is 16.8 Å². The first-order valence-corrected chi connectivity index (χ1v) is 9.87. The molecule has 0 aliphatic rings. The summed E-state index contributed by atoms with van der Waals surface area (Å²) in [6, 6.07) is 11.2. The minimum Gasteiger partial charge on any atom is -0.361 e. The number of aromatic amines is 1. The second-order valence-corrected chi connectivity index (χ2v) is 7.17. The molecular formula is C23H25F3N2O. The van der Waals surface area contributed by atoms with Gasteiger partial charge in [-0.15, -0.1) is 0 Å². The van der Waals surface area contributed by atoms with Gasteiger partial charge in [0.1, 0.15) is 0 Å². The van der Waals surface area contributed by atoms with Gasteiger partial charge in [0.2, 0.25) is 5.91 Å². The number of halogens is 3. The standard InChI is InChI=1S/C23H25F3N2O/c1-3-11-27-21(29)13-19(16-8-5-9-17(12-16)23(24,25)26)20-14-28-22-15(4-2)7-6-10-18(20)22/h5-10,12,14,19,28H,3-4,11,13H2,1-2H3,(H,27,29). The molecule has 6 heteroatoms. The molecule has 3 aromatic rings. The molecule has 0 radical (unpaired) electrons. The van der Waals surface area contributed by atoms with Crippen LogP contribution in [0.25, 0.3) is 10.9 Å². The van der Waals surface area contributed by atoms with E-state index in [1.165, 1.54) is 6.07 Å². The van der Waals surface area contributed by atoms with Crippen molar-refractivity contribution in [2.24, 2.45) is 0 Å². The summed E-state index contributed by atoms with van der Waals surface area (Å²) >= 11 is 0. The first-order chi connectivity index (χ1) is 13.8. The summed E-state index contributed by atoms with van der Waals surface area (Å²) in [5, 5.41) is 3.78. The molecule has 2 aromatic carbocycles. The number of aromatic nitrogens is 1. The minimum absolute atomic E-state index is 0.0879. The molecule has 29 heavy (non-hydrogen) atoms. The van der Waals surface area contributed by atoms with E-state index in [4.69, 9.17) is 0 Å². The summed E-state index contributed by atoms with van der Waals surface area (Å²) in [5.41, 5.74) is 2.71. The van der Waals surface area contributed by atoms with E-state index >= 15 is 0 Å². The lowest BCUT2D eigenvalue weighted by atomic mass is 9.86. The Morgan fingerprint density at radius 1 is 1.14 bits per heavy atom. The zero-order valence-corrected chi connectivity index (χ0v) is 16.6. The SMILES string of the molecule is CCCNC(=O)CC(c1cccc(C(F)(F)F)c1)c1c[nH]c2c(CC)cccc12. The molecule has 154 valence electrons. The number of carbonyl (C=O) groups excluding carboxylic acids is 1. The molecule has 2 N–H and O–H groups in total. The topological polar surface area (TPSA) is 44.9 Å². The van der Waals surface area contributed by atoms with Gasteiger partial charge in [-0.3, -0.25) is 4.79 Å². The van der Waals surface area contributed by atoms with Gasteiger partial charge in [0.15, 0.2) is 0 Å². The molecule has 0 spiro atoms. The Bertz CT molecular complexity index is 991. The monoisotopic (exact) mass is 402 g/mol. The van der Waals surface area contributed by atoms with Crippen molar-refractivity contribution in [3.63, 3.8) is 0 Å². The fraction of sp³-hybridized carbons (Fsp3) is 0.348. The van der Waals surface area contributed by atoms with Gasteiger partial charge in [-0.05, 0) is 35.6 Å².